The third kappa shape index (κ3) is 5.63. The minimum absolute atomic E-state index is 0.196. The average molecular weight is 702 g/mol. The van der Waals surface area contributed by atoms with Crippen molar-refractivity contribution < 1.29 is 5.11 Å². The highest BCUT2D eigenvalue weighted by Gasteiger charge is 2.64. The van der Waals surface area contributed by atoms with E-state index >= 15 is 0 Å². The van der Waals surface area contributed by atoms with Gasteiger partial charge in [-0.25, -0.2) is 5.11 Å². The second-order valence-corrected chi connectivity index (χ2v) is 16.4. The molecule has 1 rings (SSSR count). The summed E-state index contributed by atoms with van der Waals surface area (Å²) in [6, 6.07) is 3.96. The highest BCUT2D eigenvalue weighted by molar-refractivity contribution is 6.79. The minimum atomic E-state index is -2.47. The van der Waals surface area contributed by atoms with E-state index in [1.807, 2.05) is 0 Å². The second kappa shape index (κ2) is 9.60. The molecule has 0 N–H and O–H groups in total. The van der Waals surface area contributed by atoms with Gasteiger partial charge in [-0.1, -0.05) is 181 Å². The first-order valence-corrected chi connectivity index (χ1v) is 12.6. The van der Waals surface area contributed by atoms with Gasteiger partial charge in [0.1, 0.15) is 5.60 Å². The van der Waals surface area contributed by atoms with Gasteiger partial charge < -0.3 is 0 Å². The van der Waals surface area contributed by atoms with Gasteiger partial charge in [0.2, 0.25) is 16.3 Å². The van der Waals surface area contributed by atoms with E-state index in [1.54, 1.807) is 0 Å². The summed E-state index contributed by atoms with van der Waals surface area (Å²) in [5.41, 5.74) is -2.62. The second-order valence-electron chi connectivity index (χ2n) is 6.53. The lowest BCUT2D eigenvalue weighted by Crippen LogP contribution is -2.48. The lowest BCUT2D eigenvalue weighted by atomic mass is 9.84. The van der Waals surface area contributed by atoms with Crippen LogP contribution in [0.25, 0.3) is 0 Å². The van der Waals surface area contributed by atoms with Crippen molar-refractivity contribution in [2.45, 2.75) is 44.4 Å². The first-order valence-electron chi connectivity index (χ1n) is 7.34. The molecule has 0 fully saturated rings. The predicted octanol–water partition coefficient (Wildman–Crippen LogP) is 10.7. The predicted molar refractivity (Wildman–Crippen MR) is 136 cm³/mol. The summed E-state index contributed by atoms with van der Waals surface area (Å²) >= 11 is 85.8. The number of benzene rings is 1. The summed E-state index contributed by atoms with van der Waals surface area (Å²) in [6.07, 6.45) is 0. The normalized spacial score (nSPS) is 15.5. The van der Waals surface area contributed by atoms with E-state index in [-0.39, 0.29) is 16.7 Å². The molecule has 15 heteroatoms. The van der Waals surface area contributed by atoms with Gasteiger partial charge in [-0.15, -0.1) is 0 Å². The van der Waals surface area contributed by atoms with Crippen molar-refractivity contribution in [3.63, 3.8) is 0 Å². The number of hydrogen-bond donors (Lipinski definition) is 0. The van der Waals surface area contributed by atoms with Gasteiger partial charge in [0.05, 0.1) is 0 Å². The lowest BCUT2D eigenvalue weighted by molar-refractivity contribution is -0.00207. The van der Waals surface area contributed by atoms with Crippen LogP contribution in [0, 0.1) is 0 Å². The van der Waals surface area contributed by atoms with Crippen LogP contribution < -0.4 is 0 Å². The highest BCUT2D eigenvalue weighted by Crippen LogP contribution is 2.65. The van der Waals surface area contributed by atoms with Crippen molar-refractivity contribution in [3.8, 4) is 0 Å². The summed E-state index contributed by atoms with van der Waals surface area (Å²) in [5, 5.41) is 13.2. The van der Waals surface area contributed by atoms with Crippen LogP contribution in [0.4, 0.5) is 0 Å². The summed E-state index contributed by atoms with van der Waals surface area (Å²) in [7, 11) is 0. The molecular weight excluding hydrogens is 693 g/mol. The van der Waals surface area contributed by atoms with E-state index in [2.05, 4.69) is 0 Å². The Balaban J connectivity index is 4.05. The van der Waals surface area contributed by atoms with Gasteiger partial charge in [-0.3, -0.25) is 0 Å². The molecule has 30 heavy (non-hydrogen) atoms. The third-order valence-electron chi connectivity index (χ3n) is 3.84. The van der Waals surface area contributed by atoms with E-state index in [0.717, 1.165) is 0 Å². The molecule has 0 saturated carbocycles. The van der Waals surface area contributed by atoms with Crippen LogP contribution in [0.15, 0.2) is 18.2 Å². The van der Waals surface area contributed by atoms with Gasteiger partial charge in [0.15, 0.2) is 8.67 Å². The maximum absolute atomic E-state index is 13.2. The summed E-state index contributed by atoms with van der Waals surface area (Å²) in [5.74, 6) is 0. The Hall–Kier alpha value is 3.24. The van der Waals surface area contributed by atoms with Crippen LogP contribution >= 0.6 is 162 Å². The SMILES string of the molecule is CC(C)([O])c1c(C(Cl)(Cl)C(Cl)(Cl)C(Cl)(Cl)Cl)cccc1C(Cl)(Cl)C(Cl)(Cl)C(Cl)(Cl)Cl. The Morgan fingerprint density at radius 3 is 1.03 bits per heavy atom. The smallest absolute Gasteiger partial charge is 0.225 e. The number of hydrogen-bond acceptors (Lipinski definition) is 0. The Morgan fingerprint density at radius 1 is 0.567 bits per heavy atom. The zero-order valence-electron chi connectivity index (χ0n) is 14.4. The molecule has 1 nitrogen and oxygen atoms in total. The van der Waals surface area contributed by atoms with Crippen molar-refractivity contribution in [1.29, 1.82) is 0 Å². The third-order valence-corrected chi connectivity index (χ3v) is 11.7. The van der Waals surface area contributed by atoms with Crippen LogP contribution in [0.2, 0.25) is 0 Å². The molecule has 0 amide bonds. The average Bonchev–Trinajstić information content (AvgIpc) is 2.50. The van der Waals surface area contributed by atoms with Crippen LogP contribution in [0.3, 0.4) is 0 Å². The van der Waals surface area contributed by atoms with E-state index in [9.17, 15) is 5.11 Å². The molecule has 173 valence electrons. The summed E-state index contributed by atoms with van der Waals surface area (Å²) in [4.78, 5) is 0. The number of alkyl halides is 14. The van der Waals surface area contributed by atoms with Crippen molar-refractivity contribution in [2.75, 3.05) is 0 Å². The topological polar surface area (TPSA) is 19.9 Å². The Kier molecular flexibility index (Phi) is 10.0. The molecule has 1 radical (unpaired) electrons. The van der Waals surface area contributed by atoms with Crippen LogP contribution in [0.1, 0.15) is 30.5 Å². The van der Waals surface area contributed by atoms with Crippen LogP contribution in [-0.4, -0.2) is 16.3 Å². The fourth-order valence-electron chi connectivity index (χ4n) is 2.42. The van der Waals surface area contributed by atoms with E-state index in [4.69, 9.17) is 162 Å². The zero-order valence-corrected chi connectivity index (χ0v) is 25.0. The molecule has 1 aromatic rings. The molecule has 0 aliphatic rings. The van der Waals surface area contributed by atoms with Gasteiger partial charge in [-0.2, -0.15) is 0 Å². The molecule has 0 aliphatic carbocycles. The van der Waals surface area contributed by atoms with Crippen molar-refractivity contribution >= 4 is 162 Å². The summed E-state index contributed by atoms with van der Waals surface area (Å²) < 4.78 is -14.5. The quantitative estimate of drug-likeness (QED) is 0.273. The monoisotopic (exact) mass is 695 g/mol. The summed E-state index contributed by atoms with van der Waals surface area (Å²) in [6.45, 7) is 2.48. The molecule has 0 spiro atoms. The standard InChI is InChI=1S/C15H9Cl14O/c1-9(2,30)8-6(10(16,17)12(20,21)14(24,25)26)4-3-5-7(8)11(18,19)13(22,23)15(27,28)29/h3-5H,1-2H3. The van der Waals surface area contributed by atoms with E-state index < -0.39 is 30.5 Å². The fraction of sp³-hybridized carbons (Fsp3) is 0.600. The van der Waals surface area contributed by atoms with Gasteiger partial charge in [0, 0.05) is 0 Å². The van der Waals surface area contributed by atoms with Crippen LogP contribution in [-0.2, 0) is 19.4 Å². The number of rotatable bonds is 5. The minimum Gasteiger partial charge on any atom is -0.225 e. The Labute approximate surface area is 244 Å². The van der Waals surface area contributed by atoms with Crippen molar-refractivity contribution in [2.24, 2.45) is 0 Å². The molecule has 0 heterocycles. The Morgan fingerprint density at radius 2 is 0.833 bits per heavy atom. The van der Waals surface area contributed by atoms with Crippen LogP contribution in [0.5, 0.6) is 0 Å². The Bertz CT molecular complexity index is 726. The first kappa shape index (κ1) is 31.3. The molecule has 0 bridgehead atoms. The molecule has 0 atom stereocenters. The van der Waals surface area contributed by atoms with E-state index in [1.165, 1.54) is 32.0 Å². The molecule has 0 saturated heterocycles. The first-order chi connectivity index (χ1) is 12.8. The van der Waals surface area contributed by atoms with Crippen molar-refractivity contribution in [3.05, 3.63) is 34.9 Å². The fourth-order valence-corrected chi connectivity index (χ4v) is 5.45. The zero-order chi connectivity index (χ0) is 24.4. The molecule has 0 aliphatic heterocycles. The van der Waals surface area contributed by atoms with E-state index in [0.29, 0.717) is 0 Å². The van der Waals surface area contributed by atoms with Crippen molar-refractivity contribution in [1.82, 2.24) is 0 Å². The van der Waals surface area contributed by atoms with Gasteiger partial charge in [0.25, 0.3) is 0 Å². The number of halogens is 14. The van der Waals surface area contributed by atoms with Gasteiger partial charge >= 0.3 is 0 Å². The maximum atomic E-state index is 13.2. The highest BCUT2D eigenvalue weighted by atomic mass is 35.6. The molecule has 0 unspecified atom stereocenters. The maximum Gasteiger partial charge on any atom is 0.226 e. The van der Waals surface area contributed by atoms with Gasteiger partial charge in [-0.05, 0) is 30.5 Å². The largest absolute Gasteiger partial charge is 0.226 e. The molecule has 0 aromatic heterocycles. The lowest BCUT2D eigenvalue weighted by Gasteiger charge is -2.43. The molecular formula is C15H9Cl14O. The molecule has 1 aromatic carbocycles.